The second-order valence-electron chi connectivity index (χ2n) is 4.90. The summed E-state index contributed by atoms with van der Waals surface area (Å²) in [4.78, 5) is 23.6. The SMILES string of the molecule is CC(C)CNC(=O)C(C)OC(=O)c1cccc(N)c1Cl. The number of nitrogens with one attached hydrogen (secondary N) is 1. The zero-order chi connectivity index (χ0) is 15.3. The van der Waals surface area contributed by atoms with Crippen molar-refractivity contribution < 1.29 is 14.3 Å². The van der Waals surface area contributed by atoms with Crippen molar-refractivity contribution >= 4 is 29.2 Å². The number of carbonyl (C=O) groups is 2. The monoisotopic (exact) mass is 298 g/mol. The first kappa shape index (κ1) is 16.3. The number of esters is 1. The molecule has 5 nitrogen and oxygen atoms in total. The van der Waals surface area contributed by atoms with E-state index in [1.165, 1.54) is 13.0 Å². The second-order valence-corrected chi connectivity index (χ2v) is 5.27. The third kappa shape index (κ3) is 4.42. The molecule has 1 aromatic carbocycles. The van der Waals surface area contributed by atoms with Gasteiger partial charge in [0.25, 0.3) is 5.91 Å². The van der Waals surface area contributed by atoms with Crippen LogP contribution in [-0.4, -0.2) is 24.5 Å². The summed E-state index contributed by atoms with van der Waals surface area (Å²) in [6.45, 7) is 5.99. The molecule has 3 N–H and O–H groups in total. The smallest absolute Gasteiger partial charge is 0.340 e. The average Bonchev–Trinajstić information content (AvgIpc) is 2.38. The number of benzene rings is 1. The van der Waals surface area contributed by atoms with E-state index in [-0.39, 0.29) is 22.2 Å². The highest BCUT2D eigenvalue weighted by molar-refractivity contribution is 6.36. The molecular weight excluding hydrogens is 280 g/mol. The van der Waals surface area contributed by atoms with Crippen LogP contribution in [0.25, 0.3) is 0 Å². The topological polar surface area (TPSA) is 81.4 Å². The lowest BCUT2D eigenvalue weighted by Gasteiger charge is -2.15. The van der Waals surface area contributed by atoms with Crippen molar-refractivity contribution in [2.75, 3.05) is 12.3 Å². The lowest BCUT2D eigenvalue weighted by molar-refractivity contribution is -0.129. The van der Waals surface area contributed by atoms with E-state index in [1.54, 1.807) is 12.1 Å². The van der Waals surface area contributed by atoms with Gasteiger partial charge in [-0.3, -0.25) is 4.79 Å². The molecule has 1 unspecified atom stereocenters. The summed E-state index contributed by atoms with van der Waals surface area (Å²) in [6, 6.07) is 4.68. The van der Waals surface area contributed by atoms with Crippen LogP contribution >= 0.6 is 11.6 Å². The van der Waals surface area contributed by atoms with Crippen LogP contribution in [0.1, 0.15) is 31.1 Å². The number of halogens is 1. The number of hydrogen-bond donors (Lipinski definition) is 2. The average molecular weight is 299 g/mol. The van der Waals surface area contributed by atoms with Crippen molar-refractivity contribution in [3.05, 3.63) is 28.8 Å². The summed E-state index contributed by atoms with van der Waals surface area (Å²) < 4.78 is 5.08. The van der Waals surface area contributed by atoms with Crippen LogP contribution in [0.2, 0.25) is 5.02 Å². The van der Waals surface area contributed by atoms with E-state index < -0.39 is 12.1 Å². The highest BCUT2D eigenvalue weighted by atomic mass is 35.5. The highest BCUT2D eigenvalue weighted by Gasteiger charge is 2.21. The molecule has 0 spiro atoms. The Morgan fingerprint density at radius 1 is 1.35 bits per heavy atom. The van der Waals surface area contributed by atoms with Gasteiger partial charge in [0, 0.05) is 6.54 Å². The standard InChI is InChI=1S/C14H19ClN2O3/c1-8(2)7-17-13(18)9(3)20-14(19)10-5-4-6-11(16)12(10)15/h4-6,8-9H,7,16H2,1-3H3,(H,17,18). The van der Waals surface area contributed by atoms with Crippen LogP contribution in [0.5, 0.6) is 0 Å². The maximum absolute atomic E-state index is 11.9. The predicted octanol–water partition coefficient (Wildman–Crippen LogP) is 2.24. The van der Waals surface area contributed by atoms with Gasteiger partial charge >= 0.3 is 5.97 Å². The number of carbonyl (C=O) groups excluding carboxylic acids is 2. The Hall–Kier alpha value is -1.75. The van der Waals surface area contributed by atoms with Crippen LogP contribution in [0.3, 0.4) is 0 Å². The van der Waals surface area contributed by atoms with Gasteiger partial charge in [-0.2, -0.15) is 0 Å². The summed E-state index contributed by atoms with van der Waals surface area (Å²) in [5, 5.41) is 2.82. The maximum atomic E-state index is 11.9. The number of amides is 1. The number of hydrogen-bond acceptors (Lipinski definition) is 4. The molecule has 0 aliphatic carbocycles. The number of ether oxygens (including phenoxy) is 1. The molecule has 1 rings (SSSR count). The van der Waals surface area contributed by atoms with Gasteiger partial charge in [-0.15, -0.1) is 0 Å². The molecule has 110 valence electrons. The Balaban J connectivity index is 2.66. The minimum Gasteiger partial charge on any atom is -0.449 e. The van der Waals surface area contributed by atoms with Gasteiger partial charge in [0.2, 0.25) is 0 Å². The molecule has 0 aliphatic heterocycles. The van der Waals surface area contributed by atoms with Crippen molar-refractivity contribution in [3.63, 3.8) is 0 Å². The molecule has 0 saturated heterocycles. The van der Waals surface area contributed by atoms with Gasteiger partial charge in [-0.1, -0.05) is 31.5 Å². The quantitative estimate of drug-likeness (QED) is 0.645. The van der Waals surface area contributed by atoms with Crippen molar-refractivity contribution in [3.8, 4) is 0 Å². The zero-order valence-electron chi connectivity index (χ0n) is 11.8. The molecule has 0 aliphatic rings. The zero-order valence-corrected chi connectivity index (χ0v) is 12.5. The number of anilines is 1. The molecule has 1 atom stereocenters. The summed E-state index contributed by atoms with van der Waals surface area (Å²) >= 11 is 5.93. The molecule has 0 aromatic heterocycles. The summed E-state index contributed by atoms with van der Waals surface area (Å²) in [6.07, 6.45) is -0.890. The Morgan fingerprint density at radius 3 is 2.60 bits per heavy atom. The highest BCUT2D eigenvalue weighted by Crippen LogP contribution is 2.23. The number of rotatable bonds is 5. The van der Waals surface area contributed by atoms with Gasteiger partial charge in [0.05, 0.1) is 16.3 Å². The van der Waals surface area contributed by atoms with E-state index >= 15 is 0 Å². The second kappa shape index (κ2) is 7.14. The van der Waals surface area contributed by atoms with E-state index in [2.05, 4.69) is 5.32 Å². The van der Waals surface area contributed by atoms with Crippen LogP contribution < -0.4 is 11.1 Å². The van der Waals surface area contributed by atoms with Crippen molar-refractivity contribution in [2.24, 2.45) is 5.92 Å². The summed E-state index contributed by atoms with van der Waals surface area (Å²) in [7, 11) is 0. The molecule has 20 heavy (non-hydrogen) atoms. The molecule has 0 bridgehead atoms. The minimum absolute atomic E-state index is 0.132. The van der Waals surface area contributed by atoms with Gasteiger partial charge in [0.15, 0.2) is 6.10 Å². The van der Waals surface area contributed by atoms with Crippen LogP contribution in [-0.2, 0) is 9.53 Å². The van der Waals surface area contributed by atoms with Gasteiger partial charge in [-0.25, -0.2) is 4.79 Å². The Morgan fingerprint density at radius 2 is 2.00 bits per heavy atom. The predicted molar refractivity (Wildman–Crippen MR) is 78.6 cm³/mol. The third-order valence-electron chi connectivity index (χ3n) is 2.59. The fraction of sp³-hybridized carbons (Fsp3) is 0.429. The summed E-state index contributed by atoms with van der Waals surface area (Å²) in [5.41, 5.74) is 6.05. The van der Waals surface area contributed by atoms with E-state index in [0.29, 0.717) is 12.5 Å². The molecular formula is C14H19ClN2O3. The van der Waals surface area contributed by atoms with Gasteiger partial charge in [-0.05, 0) is 25.0 Å². The van der Waals surface area contributed by atoms with Crippen molar-refractivity contribution in [2.45, 2.75) is 26.9 Å². The molecule has 0 saturated carbocycles. The minimum atomic E-state index is -0.890. The molecule has 1 amide bonds. The van der Waals surface area contributed by atoms with E-state index in [0.717, 1.165) is 0 Å². The Kier molecular flexibility index (Phi) is 5.82. The van der Waals surface area contributed by atoms with Gasteiger partial charge < -0.3 is 15.8 Å². The largest absolute Gasteiger partial charge is 0.449 e. The molecule has 0 fully saturated rings. The molecule has 6 heteroatoms. The fourth-order valence-corrected chi connectivity index (χ4v) is 1.64. The van der Waals surface area contributed by atoms with Crippen LogP contribution in [0, 0.1) is 5.92 Å². The van der Waals surface area contributed by atoms with E-state index in [1.807, 2.05) is 13.8 Å². The lowest BCUT2D eigenvalue weighted by atomic mass is 10.2. The first-order chi connectivity index (χ1) is 9.32. The summed E-state index contributed by atoms with van der Waals surface area (Å²) in [5.74, 6) is -0.688. The third-order valence-corrected chi connectivity index (χ3v) is 3.01. The Bertz CT molecular complexity index is 503. The van der Waals surface area contributed by atoms with Crippen molar-refractivity contribution in [1.29, 1.82) is 0 Å². The first-order valence-corrected chi connectivity index (χ1v) is 6.73. The normalized spacial score (nSPS) is 12.1. The van der Waals surface area contributed by atoms with Crippen LogP contribution in [0.15, 0.2) is 18.2 Å². The van der Waals surface area contributed by atoms with Crippen LogP contribution in [0.4, 0.5) is 5.69 Å². The maximum Gasteiger partial charge on any atom is 0.340 e. The lowest BCUT2D eigenvalue weighted by Crippen LogP contribution is -2.37. The first-order valence-electron chi connectivity index (χ1n) is 6.35. The fourth-order valence-electron chi connectivity index (χ4n) is 1.43. The van der Waals surface area contributed by atoms with Gasteiger partial charge in [0.1, 0.15) is 0 Å². The number of nitrogens with two attached hydrogens (primary N) is 1. The molecule has 0 heterocycles. The van der Waals surface area contributed by atoms with Crippen molar-refractivity contribution in [1.82, 2.24) is 5.32 Å². The molecule has 1 aromatic rings. The molecule has 0 radical (unpaired) electrons. The Labute approximate surface area is 123 Å². The number of nitrogen functional groups attached to an aromatic ring is 1. The van der Waals surface area contributed by atoms with E-state index in [4.69, 9.17) is 22.1 Å². The van der Waals surface area contributed by atoms with E-state index in [9.17, 15) is 9.59 Å².